The second-order valence-corrected chi connectivity index (χ2v) is 8.08. The summed E-state index contributed by atoms with van der Waals surface area (Å²) in [6, 6.07) is 12.1. The van der Waals surface area contributed by atoms with Crippen molar-refractivity contribution in [2.24, 2.45) is 0 Å². The van der Waals surface area contributed by atoms with Gasteiger partial charge in [-0.25, -0.2) is 0 Å². The number of amides is 2. The van der Waals surface area contributed by atoms with Crippen molar-refractivity contribution in [2.75, 3.05) is 25.1 Å². The van der Waals surface area contributed by atoms with Crippen molar-refractivity contribution >= 4 is 33.4 Å². The summed E-state index contributed by atoms with van der Waals surface area (Å²) in [4.78, 5) is 24.8. The van der Waals surface area contributed by atoms with Gasteiger partial charge in [-0.15, -0.1) is 0 Å². The molecule has 160 valence electrons. The predicted octanol–water partition coefficient (Wildman–Crippen LogP) is 4.79. The van der Waals surface area contributed by atoms with Crippen molar-refractivity contribution in [3.8, 4) is 5.75 Å². The topological polar surface area (TPSA) is 76.7 Å². The molecular formula is C23H27BrN2O4. The molecule has 0 saturated carbocycles. The summed E-state index contributed by atoms with van der Waals surface area (Å²) in [6.07, 6.45) is 4.17. The van der Waals surface area contributed by atoms with Crippen LogP contribution in [0, 0.1) is 0 Å². The molecule has 0 bridgehead atoms. The van der Waals surface area contributed by atoms with E-state index in [0.29, 0.717) is 30.0 Å². The second kappa shape index (κ2) is 11.1. The Balaban J connectivity index is 1.53. The van der Waals surface area contributed by atoms with Crippen LogP contribution >= 0.6 is 15.9 Å². The Hall–Kier alpha value is -2.38. The summed E-state index contributed by atoms with van der Waals surface area (Å²) in [5, 5.41) is 5.74. The predicted molar refractivity (Wildman–Crippen MR) is 120 cm³/mol. The lowest BCUT2D eigenvalue weighted by molar-refractivity contribution is 0.0857. The quantitative estimate of drug-likeness (QED) is 0.512. The van der Waals surface area contributed by atoms with Gasteiger partial charge in [-0.2, -0.15) is 0 Å². The number of halogens is 1. The molecule has 0 radical (unpaired) electrons. The third kappa shape index (κ3) is 6.31. The zero-order valence-corrected chi connectivity index (χ0v) is 18.7. The third-order valence-corrected chi connectivity index (χ3v) is 5.49. The number of benzene rings is 2. The third-order valence-electron chi connectivity index (χ3n) is 4.87. The summed E-state index contributed by atoms with van der Waals surface area (Å²) in [7, 11) is 0. The first-order valence-corrected chi connectivity index (χ1v) is 11.1. The standard InChI is InChI=1S/C23H27BrN2O4/c1-2-3-12-30-21-11-8-17(14-20(21)24)23(28)26-18-9-6-16(7-10-18)22(27)25-15-19-5-4-13-29-19/h6-11,14,19H,2-5,12-13,15H2,1H3,(H,25,27)(H,26,28). The first-order valence-electron chi connectivity index (χ1n) is 10.3. The van der Waals surface area contributed by atoms with E-state index in [2.05, 4.69) is 33.5 Å². The van der Waals surface area contributed by atoms with Gasteiger partial charge in [-0.3, -0.25) is 9.59 Å². The largest absolute Gasteiger partial charge is 0.492 e. The normalized spacial score (nSPS) is 15.6. The van der Waals surface area contributed by atoms with Crippen LogP contribution in [0.3, 0.4) is 0 Å². The molecule has 3 rings (SSSR count). The highest BCUT2D eigenvalue weighted by Gasteiger charge is 2.17. The number of hydrogen-bond acceptors (Lipinski definition) is 4. The van der Waals surface area contributed by atoms with E-state index in [-0.39, 0.29) is 17.9 Å². The van der Waals surface area contributed by atoms with E-state index >= 15 is 0 Å². The molecule has 2 aromatic rings. The highest BCUT2D eigenvalue weighted by atomic mass is 79.9. The molecule has 6 nitrogen and oxygen atoms in total. The molecule has 1 aliphatic rings. The number of nitrogens with one attached hydrogen (secondary N) is 2. The fourth-order valence-corrected chi connectivity index (χ4v) is 3.60. The number of hydrogen-bond donors (Lipinski definition) is 2. The second-order valence-electron chi connectivity index (χ2n) is 7.22. The summed E-state index contributed by atoms with van der Waals surface area (Å²) in [6.45, 7) is 4.04. The van der Waals surface area contributed by atoms with E-state index in [0.717, 1.165) is 42.5 Å². The van der Waals surface area contributed by atoms with E-state index in [1.54, 1.807) is 42.5 Å². The Labute approximate surface area is 185 Å². The fraction of sp³-hybridized carbons (Fsp3) is 0.391. The van der Waals surface area contributed by atoms with Gasteiger partial charge in [0.25, 0.3) is 11.8 Å². The van der Waals surface area contributed by atoms with Crippen molar-refractivity contribution < 1.29 is 19.1 Å². The van der Waals surface area contributed by atoms with Crippen LogP contribution in [0.5, 0.6) is 5.75 Å². The van der Waals surface area contributed by atoms with Crippen LogP contribution in [-0.4, -0.2) is 37.7 Å². The van der Waals surface area contributed by atoms with E-state index in [1.165, 1.54) is 0 Å². The smallest absolute Gasteiger partial charge is 0.255 e. The molecule has 0 spiro atoms. The highest BCUT2D eigenvalue weighted by molar-refractivity contribution is 9.10. The molecule has 1 aliphatic heterocycles. The van der Waals surface area contributed by atoms with Gasteiger partial charge in [-0.05, 0) is 77.7 Å². The van der Waals surface area contributed by atoms with Gasteiger partial charge in [0.2, 0.25) is 0 Å². The van der Waals surface area contributed by atoms with Crippen molar-refractivity contribution in [1.82, 2.24) is 5.32 Å². The maximum atomic E-state index is 12.5. The zero-order chi connectivity index (χ0) is 21.3. The molecule has 1 unspecified atom stereocenters. The van der Waals surface area contributed by atoms with Crippen LogP contribution in [0.25, 0.3) is 0 Å². The monoisotopic (exact) mass is 474 g/mol. The maximum Gasteiger partial charge on any atom is 0.255 e. The Morgan fingerprint density at radius 3 is 2.57 bits per heavy atom. The van der Waals surface area contributed by atoms with Gasteiger partial charge in [-0.1, -0.05) is 13.3 Å². The maximum absolute atomic E-state index is 12.5. The van der Waals surface area contributed by atoms with E-state index in [1.807, 2.05) is 0 Å². The Morgan fingerprint density at radius 1 is 1.13 bits per heavy atom. The zero-order valence-electron chi connectivity index (χ0n) is 17.1. The molecule has 2 aromatic carbocycles. The van der Waals surface area contributed by atoms with Crippen LogP contribution in [0.2, 0.25) is 0 Å². The van der Waals surface area contributed by atoms with Crippen molar-refractivity contribution in [3.63, 3.8) is 0 Å². The summed E-state index contributed by atoms with van der Waals surface area (Å²) in [5.41, 5.74) is 1.68. The minimum absolute atomic E-state index is 0.107. The molecule has 1 heterocycles. The Bertz CT molecular complexity index is 864. The summed E-state index contributed by atoms with van der Waals surface area (Å²) >= 11 is 3.46. The lowest BCUT2D eigenvalue weighted by Crippen LogP contribution is -2.31. The number of carbonyl (C=O) groups is 2. The van der Waals surface area contributed by atoms with Crippen LogP contribution in [0.1, 0.15) is 53.3 Å². The lowest BCUT2D eigenvalue weighted by Gasteiger charge is -2.12. The molecule has 30 heavy (non-hydrogen) atoms. The SMILES string of the molecule is CCCCOc1ccc(C(=O)Nc2ccc(C(=O)NCC3CCCO3)cc2)cc1Br. The highest BCUT2D eigenvalue weighted by Crippen LogP contribution is 2.26. The van der Waals surface area contributed by atoms with Gasteiger partial charge in [0.05, 0.1) is 17.2 Å². The molecule has 0 aromatic heterocycles. The Morgan fingerprint density at radius 2 is 1.90 bits per heavy atom. The van der Waals surface area contributed by atoms with E-state index in [4.69, 9.17) is 9.47 Å². The number of anilines is 1. The molecule has 1 saturated heterocycles. The molecule has 7 heteroatoms. The minimum Gasteiger partial charge on any atom is -0.492 e. The molecule has 2 amide bonds. The number of ether oxygens (including phenoxy) is 2. The van der Waals surface area contributed by atoms with Gasteiger partial charge >= 0.3 is 0 Å². The number of rotatable bonds is 9. The van der Waals surface area contributed by atoms with E-state index in [9.17, 15) is 9.59 Å². The molecule has 2 N–H and O–H groups in total. The van der Waals surface area contributed by atoms with Crippen LogP contribution < -0.4 is 15.4 Å². The molecule has 1 atom stereocenters. The van der Waals surface area contributed by atoms with Crippen molar-refractivity contribution in [1.29, 1.82) is 0 Å². The van der Waals surface area contributed by atoms with Crippen LogP contribution in [0.4, 0.5) is 5.69 Å². The number of carbonyl (C=O) groups excluding carboxylic acids is 2. The van der Waals surface area contributed by atoms with Crippen LogP contribution in [-0.2, 0) is 4.74 Å². The first-order chi connectivity index (χ1) is 14.6. The average molecular weight is 475 g/mol. The summed E-state index contributed by atoms with van der Waals surface area (Å²) in [5.74, 6) is 0.343. The molecule has 0 aliphatic carbocycles. The Kier molecular flexibility index (Phi) is 8.28. The lowest BCUT2D eigenvalue weighted by atomic mass is 10.1. The van der Waals surface area contributed by atoms with Crippen molar-refractivity contribution in [2.45, 2.75) is 38.7 Å². The molecular weight excluding hydrogens is 448 g/mol. The van der Waals surface area contributed by atoms with Gasteiger partial charge in [0.15, 0.2) is 0 Å². The fourth-order valence-electron chi connectivity index (χ4n) is 3.11. The number of unbranched alkanes of at least 4 members (excludes halogenated alkanes) is 1. The minimum atomic E-state index is -0.230. The first kappa shape index (κ1) is 22.3. The van der Waals surface area contributed by atoms with Gasteiger partial charge < -0.3 is 20.1 Å². The van der Waals surface area contributed by atoms with Crippen LogP contribution in [0.15, 0.2) is 46.9 Å². The van der Waals surface area contributed by atoms with Gasteiger partial charge in [0, 0.05) is 30.0 Å². The summed E-state index contributed by atoms with van der Waals surface area (Å²) < 4.78 is 11.9. The van der Waals surface area contributed by atoms with Gasteiger partial charge in [0.1, 0.15) is 5.75 Å². The average Bonchev–Trinajstić information content (AvgIpc) is 3.27. The van der Waals surface area contributed by atoms with Crippen molar-refractivity contribution in [3.05, 3.63) is 58.1 Å². The molecule has 1 fully saturated rings. The van der Waals surface area contributed by atoms with E-state index < -0.39 is 0 Å².